The molecule has 0 aliphatic carbocycles. The number of hydrogen-bond donors (Lipinski definition) is 2. The molecule has 1 heterocycles. The summed E-state index contributed by atoms with van der Waals surface area (Å²) in [7, 11) is 1.60. The van der Waals surface area contributed by atoms with Crippen LogP contribution in [0.15, 0.2) is 30.5 Å². The van der Waals surface area contributed by atoms with E-state index in [2.05, 4.69) is 5.32 Å². The van der Waals surface area contributed by atoms with E-state index in [1.165, 1.54) is 23.8 Å². The highest BCUT2D eigenvalue weighted by atomic mass is 19.1. The van der Waals surface area contributed by atoms with Crippen molar-refractivity contribution in [1.82, 2.24) is 9.88 Å². The lowest BCUT2D eigenvalue weighted by Gasteiger charge is -2.24. The first-order chi connectivity index (χ1) is 10.7. The number of nitriles is 1. The molecular formula is C16H15F2N3O2. The average molecular weight is 319 g/mol. The molecule has 1 aromatic carbocycles. The maximum absolute atomic E-state index is 13.8. The van der Waals surface area contributed by atoms with Crippen LogP contribution in [0.1, 0.15) is 28.5 Å². The van der Waals surface area contributed by atoms with Gasteiger partial charge in [-0.2, -0.15) is 5.26 Å². The Morgan fingerprint density at radius 2 is 2.13 bits per heavy atom. The van der Waals surface area contributed by atoms with Crippen molar-refractivity contribution in [3.8, 4) is 6.07 Å². The molecule has 1 atom stereocenters. The van der Waals surface area contributed by atoms with Gasteiger partial charge in [-0.1, -0.05) is 6.07 Å². The maximum atomic E-state index is 13.8. The molecule has 0 radical (unpaired) electrons. The summed E-state index contributed by atoms with van der Waals surface area (Å²) in [6.45, 7) is 1.04. The number of hydrogen-bond acceptors (Lipinski definition) is 3. The van der Waals surface area contributed by atoms with Crippen LogP contribution in [0.4, 0.5) is 8.78 Å². The van der Waals surface area contributed by atoms with Gasteiger partial charge in [0, 0.05) is 24.9 Å². The lowest BCUT2D eigenvalue weighted by atomic mass is 9.95. The fraction of sp³-hybridized carbons (Fsp3) is 0.250. The van der Waals surface area contributed by atoms with Gasteiger partial charge in [0.25, 0.3) is 5.91 Å². The summed E-state index contributed by atoms with van der Waals surface area (Å²) >= 11 is 0. The molecule has 0 aliphatic heterocycles. The predicted molar refractivity (Wildman–Crippen MR) is 78.4 cm³/mol. The van der Waals surface area contributed by atoms with E-state index in [-0.39, 0.29) is 17.8 Å². The topological polar surface area (TPSA) is 78.0 Å². The highest BCUT2D eigenvalue weighted by molar-refractivity contribution is 5.93. The smallest absolute Gasteiger partial charge is 0.268 e. The molecule has 2 N–H and O–H groups in total. The fourth-order valence-corrected chi connectivity index (χ4v) is 2.22. The molecule has 5 nitrogen and oxygen atoms in total. The number of rotatable bonds is 4. The number of aryl methyl sites for hydroxylation is 1. The minimum absolute atomic E-state index is 0.121. The van der Waals surface area contributed by atoms with E-state index >= 15 is 0 Å². The SMILES string of the molecule is Cn1cc(C#N)cc1C(=O)NCC(C)(O)c1ccc(F)cc1F. The minimum atomic E-state index is -1.71. The Bertz CT molecular complexity index is 791. The van der Waals surface area contributed by atoms with E-state index in [0.717, 1.165) is 12.1 Å². The zero-order valence-corrected chi connectivity index (χ0v) is 12.6. The number of amides is 1. The fourth-order valence-electron chi connectivity index (χ4n) is 2.22. The summed E-state index contributed by atoms with van der Waals surface area (Å²) in [4.78, 5) is 12.1. The molecule has 0 aliphatic rings. The highest BCUT2D eigenvalue weighted by Crippen LogP contribution is 2.23. The number of aliphatic hydroxyl groups is 1. The van der Waals surface area contributed by atoms with Crippen LogP contribution in [0.2, 0.25) is 0 Å². The molecule has 1 amide bonds. The number of nitrogens with one attached hydrogen (secondary N) is 1. The maximum Gasteiger partial charge on any atom is 0.268 e. The second-order valence-electron chi connectivity index (χ2n) is 5.42. The van der Waals surface area contributed by atoms with E-state index in [4.69, 9.17) is 5.26 Å². The van der Waals surface area contributed by atoms with Crippen LogP contribution in [-0.4, -0.2) is 22.1 Å². The van der Waals surface area contributed by atoms with Gasteiger partial charge in [-0.15, -0.1) is 0 Å². The molecule has 120 valence electrons. The van der Waals surface area contributed by atoms with Gasteiger partial charge in [-0.3, -0.25) is 4.79 Å². The van der Waals surface area contributed by atoms with Crippen LogP contribution in [0, 0.1) is 23.0 Å². The third kappa shape index (κ3) is 3.55. The van der Waals surface area contributed by atoms with E-state index in [1.54, 1.807) is 7.05 Å². The van der Waals surface area contributed by atoms with Crippen LogP contribution < -0.4 is 5.32 Å². The molecule has 0 saturated heterocycles. The number of halogens is 2. The Hall–Kier alpha value is -2.72. The molecule has 2 aromatic rings. The van der Waals surface area contributed by atoms with Gasteiger partial charge in [0.15, 0.2) is 0 Å². The highest BCUT2D eigenvalue weighted by Gasteiger charge is 2.28. The van der Waals surface area contributed by atoms with Crippen molar-refractivity contribution < 1.29 is 18.7 Å². The lowest BCUT2D eigenvalue weighted by molar-refractivity contribution is 0.0492. The summed E-state index contributed by atoms with van der Waals surface area (Å²) in [5, 5.41) is 21.6. The number of carbonyl (C=O) groups is 1. The number of nitrogens with zero attached hydrogens (tertiary/aromatic N) is 2. The molecule has 0 fully saturated rings. The zero-order chi connectivity index (χ0) is 17.2. The van der Waals surface area contributed by atoms with Gasteiger partial charge in [0.05, 0.1) is 12.1 Å². The Labute approximate surface area is 131 Å². The minimum Gasteiger partial charge on any atom is -0.383 e. The Balaban J connectivity index is 2.13. The van der Waals surface area contributed by atoms with Crippen molar-refractivity contribution in [1.29, 1.82) is 5.26 Å². The summed E-state index contributed by atoms with van der Waals surface area (Å²) < 4.78 is 28.2. The van der Waals surface area contributed by atoms with Gasteiger partial charge >= 0.3 is 0 Å². The second kappa shape index (κ2) is 6.18. The predicted octanol–water partition coefficient (Wildman–Crippen LogP) is 1.81. The van der Waals surface area contributed by atoms with Crippen molar-refractivity contribution >= 4 is 5.91 Å². The number of aromatic nitrogens is 1. The first-order valence-electron chi connectivity index (χ1n) is 6.77. The Morgan fingerprint density at radius 1 is 1.43 bits per heavy atom. The summed E-state index contributed by atoms with van der Waals surface area (Å²) in [5.74, 6) is -2.16. The Morgan fingerprint density at radius 3 is 2.70 bits per heavy atom. The normalized spacial score (nSPS) is 13.2. The number of benzene rings is 1. The third-order valence-electron chi connectivity index (χ3n) is 3.47. The van der Waals surface area contributed by atoms with Crippen molar-refractivity contribution in [2.24, 2.45) is 7.05 Å². The van der Waals surface area contributed by atoms with Crippen LogP contribution in [-0.2, 0) is 12.6 Å². The number of carbonyl (C=O) groups excluding carboxylic acids is 1. The van der Waals surface area contributed by atoms with Crippen molar-refractivity contribution in [3.05, 3.63) is 58.9 Å². The average Bonchev–Trinajstić information content (AvgIpc) is 2.85. The molecule has 7 heteroatoms. The van der Waals surface area contributed by atoms with E-state index < -0.39 is 23.1 Å². The molecular weight excluding hydrogens is 304 g/mol. The molecule has 0 spiro atoms. The van der Waals surface area contributed by atoms with E-state index in [9.17, 15) is 18.7 Å². The standard InChI is InChI=1S/C16H15F2N3O2/c1-16(23,12-4-3-11(17)6-13(12)18)9-20-15(22)14-5-10(7-19)8-21(14)2/h3-6,8,23H,9H2,1-2H3,(H,20,22). The molecule has 0 saturated carbocycles. The molecule has 1 aromatic heterocycles. The monoisotopic (exact) mass is 319 g/mol. The van der Waals surface area contributed by atoms with Gasteiger partial charge < -0.3 is 15.0 Å². The third-order valence-corrected chi connectivity index (χ3v) is 3.47. The van der Waals surface area contributed by atoms with Crippen LogP contribution in [0.3, 0.4) is 0 Å². The molecule has 2 rings (SSSR count). The molecule has 0 bridgehead atoms. The summed E-state index contributed by atoms with van der Waals surface area (Å²) in [5.41, 5.74) is -1.27. The Kier molecular flexibility index (Phi) is 4.48. The van der Waals surface area contributed by atoms with Crippen LogP contribution >= 0.6 is 0 Å². The lowest BCUT2D eigenvalue weighted by Crippen LogP contribution is -2.39. The second-order valence-corrected chi connectivity index (χ2v) is 5.42. The first kappa shape index (κ1) is 16.6. The quantitative estimate of drug-likeness (QED) is 0.902. The molecule has 23 heavy (non-hydrogen) atoms. The van der Waals surface area contributed by atoms with Crippen LogP contribution in [0.5, 0.6) is 0 Å². The zero-order valence-electron chi connectivity index (χ0n) is 12.6. The van der Waals surface area contributed by atoms with Gasteiger partial charge in [-0.05, 0) is 19.1 Å². The van der Waals surface area contributed by atoms with Gasteiger partial charge in [0.1, 0.15) is 29.0 Å². The molecule has 1 unspecified atom stereocenters. The van der Waals surface area contributed by atoms with Gasteiger partial charge in [-0.25, -0.2) is 8.78 Å². The van der Waals surface area contributed by atoms with Crippen molar-refractivity contribution in [2.45, 2.75) is 12.5 Å². The van der Waals surface area contributed by atoms with Crippen molar-refractivity contribution in [2.75, 3.05) is 6.54 Å². The van der Waals surface area contributed by atoms with E-state index in [1.807, 2.05) is 6.07 Å². The van der Waals surface area contributed by atoms with E-state index in [0.29, 0.717) is 11.6 Å². The first-order valence-corrected chi connectivity index (χ1v) is 6.77. The summed E-state index contributed by atoms with van der Waals surface area (Å²) in [6.07, 6.45) is 1.49. The largest absolute Gasteiger partial charge is 0.383 e. The van der Waals surface area contributed by atoms with Crippen molar-refractivity contribution in [3.63, 3.8) is 0 Å². The van der Waals surface area contributed by atoms with Crippen LogP contribution in [0.25, 0.3) is 0 Å². The summed E-state index contributed by atoms with van der Waals surface area (Å²) in [6, 6.07) is 6.16. The van der Waals surface area contributed by atoms with Gasteiger partial charge in [0.2, 0.25) is 0 Å².